The van der Waals surface area contributed by atoms with E-state index in [1.54, 1.807) is 6.07 Å². The molecule has 0 aliphatic carbocycles. The second-order valence-electron chi connectivity index (χ2n) is 5.88. The highest BCUT2D eigenvalue weighted by Gasteiger charge is 2.25. The predicted molar refractivity (Wildman–Crippen MR) is 78.1 cm³/mol. The summed E-state index contributed by atoms with van der Waals surface area (Å²) in [6.07, 6.45) is 0. The van der Waals surface area contributed by atoms with Gasteiger partial charge in [0.1, 0.15) is 11.4 Å². The molecule has 1 atom stereocenters. The Balaban J connectivity index is 2.25. The summed E-state index contributed by atoms with van der Waals surface area (Å²) in [7, 11) is 0. The van der Waals surface area contributed by atoms with Gasteiger partial charge >= 0.3 is 0 Å². The zero-order valence-electron chi connectivity index (χ0n) is 12.3. The van der Waals surface area contributed by atoms with Crippen LogP contribution in [0.3, 0.4) is 0 Å². The van der Waals surface area contributed by atoms with Crippen molar-refractivity contribution in [3.05, 3.63) is 12.1 Å². The van der Waals surface area contributed by atoms with Crippen molar-refractivity contribution in [1.29, 1.82) is 0 Å². The van der Waals surface area contributed by atoms with E-state index in [-0.39, 0.29) is 18.2 Å². The molecular formula is C14H23N3O3. The number of aliphatic hydroxyl groups excluding tert-OH is 1. The number of nitrogens with zero attached hydrogens (tertiary/aromatic N) is 2. The summed E-state index contributed by atoms with van der Waals surface area (Å²) in [6.45, 7) is 7.69. The lowest BCUT2D eigenvalue weighted by Gasteiger charge is -2.35. The van der Waals surface area contributed by atoms with E-state index in [1.807, 2.05) is 31.7 Å². The van der Waals surface area contributed by atoms with Gasteiger partial charge in [-0.05, 0) is 32.9 Å². The van der Waals surface area contributed by atoms with Crippen molar-refractivity contribution >= 4 is 11.5 Å². The van der Waals surface area contributed by atoms with Crippen LogP contribution in [0.5, 0.6) is 5.88 Å². The number of aromatic nitrogens is 1. The third-order valence-corrected chi connectivity index (χ3v) is 3.01. The summed E-state index contributed by atoms with van der Waals surface area (Å²) in [6, 6.07) is 3.55. The minimum atomic E-state index is -0.360. The molecule has 0 spiro atoms. The average molecular weight is 281 g/mol. The molecule has 0 amide bonds. The molecule has 1 aromatic heterocycles. The molecule has 112 valence electrons. The molecule has 20 heavy (non-hydrogen) atoms. The van der Waals surface area contributed by atoms with Crippen molar-refractivity contribution in [2.75, 3.05) is 37.0 Å². The van der Waals surface area contributed by atoms with E-state index in [9.17, 15) is 5.11 Å². The monoisotopic (exact) mass is 281 g/mol. The van der Waals surface area contributed by atoms with Crippen LogP contribution in [0, 0.1) is 0 Å². The van der Waals surface area contributed by atoms with Gasteiger partial charge < -0.3 is 25.2 Å². The molecule has 3 N–H and O–H groups in total. The van der Waals surface area contributed by atoms with Crippen molar-refractivity contribution in [2.45, 2.75) is 32.4 Å². The van der Waals surface area contributed by atoms with Crippen LogP contribution >= 0.6 is 0 Å². The Morgan fingerprint density at radius 2 is 2.25 bits per heavy atom. The summed E-state index contributed by atoms with van der Waals surface area (Å²) in [5, 5.41) is 9.43. The van der Waals surface area contributed by atoms with Gasteiger partial charge in [-0.25, -0.2) is 0 Å². The fourth-order valence-corrected chi connectivity index (χ4v) is 2.08. The molecule has 0 radical (unpaired) electrons. The van der Waals surface area contributed by atoms with Gasteiger partial charge in [-0.15, -0.1) is 0 Å². The Kier molecular flexibility index (Phi) is 4.35. The summed E-state index contributed by atoms with van der Waals surface area (Å²) >= 11 is 0. The van der Waals surface area contributed by atoms with Crippen LogP contribution in [-0.4, -0.2) is 48.1 Å². The SMILES string of the molecule is CC(C)(C)Oc1nc(N2CCOCC2CO)ccc1N. The molecule has 1 fully saturated rings. The molecule has 2 rings (SSSR count). The zero-order chi connectivity index (χ0) is 14.8. The first-order valence-electron chi connectivity index (χ1n) is 6.81. The molecule has 1 saturated heterocycles. The lowest BCUT2D eigenvalue weighted by molar-refractivity contribution is 0.0719. The number of nitrogen functional groups attached to an aromatic ring is 1. The number of aliphatic hydroxyl groups is 1. The highest BCUT2D eigenvalue weighted by atomic mass is 16.5. The van der Waals surface area contributed by atoms with E-state index in [0.29, 0.717) is 31.3 Å². The minimum Gasteiger partial charge on any atom is -0.470 e. The highest BCUT2D eigenvalue weighted by Crippen LogP contribution is 2.27. The number of rotatable bonds is 3. The molecule has 2 heterocycles. The summed E-state index contributed by atoms with van der Waals surface area (Å²) < 4.78 is 11.2. The number of hydrogen-bond donors (Lipinski definition) is 2. The first-order valence-corrected chi connectivity index (χ1v) is 6.81. The maximum atomic E-state index is 9.43. The Morgan fingerprint density at radius 3 is 2.90 bits per heavy atom. The van der Waals surface area contributed by atoms with E-state index in [0.717, 1.165) is 5.82 Å². The van der Waals surface area contributed by atoms with Gasteiger partial charge in [0.05, 0.1) is 31.5 Å². The lowest BCUT2D eigenvalue weighted by atomic mass is 10.2. The average Bonchev–Trinajstić information content (AvgIpc) is 2.40. The van der Waals surface area contributed by atoms with E-state index in [4.69, 9.17) is 15.2 Å². The standard InChI is InChI=1S/C14H23N3O3/c1-14(2,3)20-13-11(15)4-5-12(16-13)17-6-7-19-9-10(17)8-18/h4-5,10,18H,6-9,15H2,1-3H3. The molecule has 1 aliphatic heterocycles. The van der Waals surface area contributed by atoms with E-state index in [1.165, 1.54) is 0 Å². The quantitative estimate of drug-likeness (QED) is 0.861. The molecule has 0 bridgehead atoms. The Hall–Kier alpha value is -1.53. The fraction of sp³-hybridized carbons (Fsp3) is 0.643. The van der Waals surface area contributed by atoms with Gasteiger partial charge in [-0.3, -0.25) is 0 Å². The third-order valence-electron chi connectivity index (χ3n) is 3.01. The molecule has 0 saturated carbocycles. The summed E-state index contributed by atoms with van der Waals surface area (Å²) in [4.78, 5) is 6.52. The highest BCUT2D eigenvalue weighted by molar-refractivity contribution is 5.55. The van der Waals surface area contributed by atoms with Gasteiger partial charge in [0.2, 0.25) is 5.88 Å². The zero-order valence-corrected chi connectivity index (χ0v) is 12.3. The van der Waals surface area contributed by atoms with Crippen LogP contribution in [0.4, 0.5) is 11.5 Å². The van der Waals surface area contributed by atoms with Gasteiger partial charge in [-0.1, -0.05) is 0 Å². The van der Waals surface area contributed by atoms with Crippen molar-refractivity contribution in [3.63, 3.8) is 0 Å². The molecule has 6 heteroatoms. The minimum absolute atomic E-state index is 0.0293. The van der Waals surface area contributed by atoms with Crippen LogP contribution in [0.1, 0.15) is 20.8 Å². The van der Waals surface area contributed by atoms with Crippen molar-refractivity contribution in [1.82, 2.24) is 4.98 Å². The first kappa shape index (κ1) is 14.9. The Bertz CT molecular complexity index is 459. The van der Waals surface area contributed by atoms with Crippen LogP contribution in [-0.2, 0) is 4.74 Å². The smallest absolute Gasteiger partial charge is 0.239 e. The van der Waals surface area contributed by atoms with Crippen molar-refractivity contribution in [2.24, 2.45) is 0 Å². The first-order chi connectivity index (χ1) is 9.40. The normalized spacial score (nSPS) is 20.0. The number of morpholine rings is 1. The largest absolute Gasteiger partial charge is 0.470 e. The summed E-state index contributed by atoms with van der Waals surface area (Å²) in [5.41, 5.74) is 6.06. The number of ether oxygens (including phenoxy) is 2. The molecule has 1 aromatic rings. The van der Waals surface area contributed by atoms with E-state index in [2.05, 4.69) is 4.98 Å². The maximum absolute atomic E-state index is 9.43. The number of pyridine rings is 1. The van der Waals surface area contributed by atoms with Gasteiger partial charge in [0.25, 0.3) is 0 Å². The number of hydrogen-bond acceptors (Lipinski definition) is 6. The molecule has 1 unspecified atom stereocenters. The Morgan fingerprint density at radius 1 is 1.50 bits per heavy atom. The Labute approximate surface area is 119 Å². The maximum Gasteiger partial charge on any atom is 0.239 e. The topological polar surface area (TPSA) is 80.8 Å². The summed E-state index contributed by atoms with van der Waals surface area (Å²) in [5.74, 6) is 1.18. The third kappa shape index (κ3) is 3.52. The predicted octanol–water partition coefficient (Wildman–Crippen LogP) is 1.04. The van der Waals surface area contributed by atoms with Crippen LogP contribution in [0.2, 0.25) is 0 Å². The van der Waals surface area contributed by atoms with Gasteiger partial charge in [0, 0.05) is 6.54 Å². The van der Waals surface area contributed by atoms with Crippen LogP contribution in [0.15, 0.2) is 12.1 Å². The second kappa shape index (κ2) is 5.85. The van der Waals surface area contributed by atoms with E-state index >= 15 is 0 Å². The fourth-order valence-electron chi connectivity index (χ4n) is 2.08. The van der Waals surface area contributed by atoms with Crippen molar-refractivity contribution in [3.8, 4) is 5.88 Å². The molecular weight excluding hydrogens is 258 g/mol. The molecule has 6 nitrogen and oxygen atoms in total. The molecule has 1 aliphatic rings. The van der Waals surface area contributed by atoms with Gasteiger partial charge in [-0.2, -0.15) is 4.98 Å². The second-order valence-corrected chi connectivity index (χ2v) is 5.88. The van der Waals surface area contributed by atoms with Gasteiger partial charge in [0.15, 0.2) is 0 Å². The van der Waals surface area contributed by atoms with E-state index < -0.39 is 0 Å². The number of anilines is 2. The molecule has 0 aromatic carbocycles. The van der Waals surface area contributed by atoms with Crippen molar-refractivity contribution < 1.29 is 14.6 Å². The number of nitrogens with two attached hydrogens (primary N) is 1. The van der Waals surface area contributed by atoms with Crippen LogP contribution < -0.4 is 15.4 Å². The lowest BCUT2D eigenvalue weighted by Crippen LogP contribution is -2.48. The van der Waals surface area contributed by atoms with Crippen LogP contribution in [0.25, 0.3) is 0 Å².